The molecule has 2 aliphatic rings. The van der Waals surface area contributed by atoms with Crippen molar-refractivity contribution in [3.8, 4) is 0 Å². The molecule has 2 aromatic carbocycles. The maximum absolute atomic E-state index is 14.2. The van der Waals surface area contributed by atoms with Gasteiger partial charge in [0.15, 0.2) is 5.69 Å². The third kappa shape index (κ3) is 7.40. The van der Waals surface area contributed by atoms with Crippen LogP contribution in [-0.2, 0) is 22.7 Å². The van der Waals surface area contributed by atoms with Crippen molar-refractivity contribution in [2.45, 2.75) is 44.4 Å². The van der Waals surface area contributed by atoms with Crippen molar-refractivity contribution in [2.75, 3.05) is 39.0 Å². The minimum Gasteiger partial charge on any atom is -0.364 e. The number of aromatic nitrogens is 2. The van der Waals surface area contributed by atoms with Gasteiger partial charge in [-0.3, -0.25) is 19.1 Å². The fraction of sp³-hybridized carbons (Fsp3) is 0.414. The zero-order valence-corrected chi connectivity index (χ0v) is 26.0. The Morgan fingerprint density at radius 2 is 1.89 bits per heavy atom. The van der Waals surface area contributed by atoms with Gasteiger partial charge in [0, 0.05) is 48.9 Å². The Morgan fingerprint density at radius 3 is 2.55 bits per heavy atom. The Labute approximate surface area is 265 Å². The molecule has 2 fully saturated rings. The van der Waals surface area contributed by atoms with E-state index in [0.29, 0.717) is 16.6 Å². The zero-order chi connectivity index (χ0) is 30.8. The molecule has 0 spiro atoms. The number of likely N-dealkylation sites (tertiary alicyclic amines) is 1. The Kier molecular flexibility index (Phi) is 10.3. The molecule has 15 heteroatoms. The van der Waals surface area contributed by atoms with Crippen LogP contribution in [0.5, 0.6) is 0 Å². The van der Waals surface area contributed by atoms with Crippen LogP contribution in [0.1, 0.15) is 35.3 Å². The van der Waals surface area contributed by atoms with Crippen molar-refractivity contribution in [2.24, 2.45) is 5.73 Å². The van der Waals surface area contributed by atoms with Crippen molar-refractivity contribution in [3.63, 3.8) is 0 Å². The van der Waals surface area contributed by atoms with Gasteiger partial charge >= 0.3 is 6.03 Å². The fourth-order valence-corrected chi connectivity index (χ4v) is 5.47. The number of nitrogens with zero attached hydrogens (tertiary/aromatic N) is 5. The standard InChI is InChI=1S/C29H34ClFN8O4.ClH/c1-36-11-10-20(14-36)37(2)29(43)34-18-6-9-23-21(12-18)27(28(32)42)35-39(23)16-25(41)38(19-7-8-19)15-24(40)33-13-17-4-3-5-22(30)26(17)31;/h3-6,9,12,19-20H,7-8,10-11,13-16H2,1-2H3,(H2,32,42)(H,33,40)(H,34,43);1H. The van der Waals surface area contributed by atoms with E-state index in [2.05, 4.69) is 20.6 Å². The van der Waals surface area contributed by atoms with Gasteiger partial charge in [0.05, 0.1) is 17.1 Å². The van der Waals surface area contributed by atoms with Crippen molar-refractivity contribution < 1.29 is 23.6 Å². The molecule has 236 valence electrons. The number of carbonyl (C=O) groups is 4. The third-order valence-electron chi connectivity index (χ3n) is 7.88. The number of carbonyl (C=O) groups excluding carboxylic acids is 4. The summed E-state index contributed by atoms with van der Waals surface area (Å²) in [6.07, 6.45) is 2.39. The van der Waals surface area contributed by atoms with E-state index in [1.165, 1.54) is 21.7 Å². The van der Waals surface area contributed by atoms with Crippen LogP contribution in [-0.4, -0.2) is 94.0 Å². The minimum absolute atomic E-state index is 0. The monoisotopic (exact) mass is 648 g/mol. The summed E-state index contributed by atoms with van der Waals surface area (Å²) in [5.41, 5.74) is 6.73. The summed E-state index contributed by atoms with van der Waals surface area (Å²) in [6, 6.07) is 9.19. The van der Waals surface area contributed by atoms with Gasteiger partial charge in [0.1, 0.15) is 12.4 Å². The van der Waals surface area contributed by atoms with Crippen molar-refractivity contribution >= 4 is 64.4 Å². The number of benzene rings is 2. The summed E-state index contributed by atoms with van der Waals surface area (Å²) >= 11 is 5.82. The molecule has 5 rings (SSSR count). The van der Waals surface area contributed by atoms with Crippen LogP contribution in [0.25, 0.3) is 10.9 Å². The Bertz CT molecular complexity index is 1580. The first kappa shape index (κ1) is 33.0. The summed E-state index contributed by atoms with van der Waals surface area (Å²) in [7, 11) is 3.76. The summed E-state index contributed by atoms with van der Waals surface area (Å²) in [5, 5.41) is 10.2. The maximum Gasteiger partial charge on any atom is 0.321 e. The van der Waals surface area contributed by atoms with E-state index in [0.717, 1.165) is 32.4 Å². The van der Waals surface area contributed by atoms with E-state index in [4.69, 9.17) is 17.3 Å². The molecule has 12 nitrogen and oxygen atoms in total. The van der Waals surface area contributed by atoms with Gasteiger partial charge in [-0.25, -0.2) is 9.18 Å². The lowest BCUT2D eigenvalue weighted by Crippen LogP contribution is -2.43. The highest BCUT2D eigenvalue weighted by Gasteiger charge is 2.34. The second-order valence-electron chi connectivity index (χ2n) is 11.1. The lowest BCUT2D eigenvalue weighted by Gasteiger charge is -2.24. The van der Waals surface area contributed by atoms with E-state index >= 15 is 0 Å². The number of hydrogen-bond acceptors (Lipinski definition) is 6. The van der Waals surface area contributed by atoms with Gasteiger partial charge < -0.3 is 31.1 Å². The molecular weight excluding hydrogens is 614 g/mol. The van der Waals surface area contributed by atoms with Gasteiger partial charge in [-0.05, 0) is 57.1 Å². The second-order valence-corrected chi connectivity index (χ2v) is 11.5. The summed E-state index contributed by atoms with van der Waals surface area (Å²) < 4.78 is 15.6. The number of nitrogens with one attached hydrogen (secondary N) is 2. The molecule has 0 bridgehead atoms. The fourth-order valence-electron chi connectivity index (χ4n) is 5.28. The number of amides is 5. The first-order chi connectivity index (χ1) is 20.5. The Balaban J connectivity index is 0.00000442. The highest BCUT2D eigenvalue weighted by molar-refractivity contribution is 6.30. The Hall–Kier alpha value is -3.94. The maximum atomic E-state index is 14.2. The van der Waals surface area contributed by atoms with Gasteiger partial charge in [-0.15, -0.1) is 12.4 Å². The molecule has 1 saturated heterocycles. The van der Waals surface area contributed by atoms with Crippen molar-refractivity contribution in [3.05, 3.63) is 58.5 Å². The smallest absolute Gasteiger partial charge is 0.321 e. The highest BCUT2D eigenvalue weighted by atomic mass is 35.5. The number of primary amides is 1. The molecule has 5 amide bonds. The first-order valence-corrected chi connectivity index (χ1v) is 14.4. The largest absolute Gasteiger partial charge is 0.364 e. The number of fused-ring (bicyclic) bond motifs is 1. The molecule has 3 aromatic rings. The Morgan fingerprint density at radius 1 is 1.14 bits per heavy atom. The number of likely N-dealkylation sites (N-methyl/N-ethyl adjacent to an activating group) is 2. The average molecular weight is 650 g/mol. The van der Waals surface area contributed by atoms with Crippen LogP contribution in [0.4, 0.5) is 14.9 Å². The molecule has 1 aromatic heterocycles. The predicted molar refractivity (Wildman–Crippen MR) is 166 cm³/mol. The number of rotatable bonds is 10. The van der Waals surface area contributed by atoms with Crippen LogP contribution >= 0.6 is 24.0 Å². The number of hydrogen-bond donors (Lipinski definition) is 3. The molecule has 2 heterocycles. The number of halogens is 3. The molecule has 4 N–H and O–H groups in total. The molecular formula is C29H35Cl2FN8O4. The number of urea groups is 1. The van der Waals surface area contributed by atoms with E-state index < -0.39 is 17.6 Å². The molecule has 1 aliphatic heterocycles. The van der Waals surface area contributed by atoms with Crippen molar-refractivity contribution in [1.82, 2.24) is 29.8 Å². The normalized spacial score (nSPS) is 16.3. The van der Waals surface area contributed by atoms with E-state index in [-0.39, 0.29) is 72.3 Å². The lowest BCUT2D eigenvalue weighted by molar-refractivity contribution is -0.137. The molecule has 1 unspecified atom stereocenters. The molecule has 0 radical (unpaired) electrons. The van der Waals surface area contributed by atoms with Crippen LogP contribution in [0.3, 0.4) is 0 Å². The average Bonchev–Trinajstić information content (AvgIpc) is 3.62. The second kappa shape index (κ2) is 13.8. The molecule has 1 aliphatic carbocycles. The minimum atomic E-state index is -0.780. The SMILES string of the molecule is CN1CCC(N(C)C(=O)Nc2ccc3c(c2)c(C(N)=O)nn3CC(=O)N(CC(=O)NCc2cccc(Cl)c2F)C2CC2)C1.Cl. The topological polar surface area (TPSA) is 146 Å². The van der Waals surface area contributed by atoms with Gasteiger partial charge in [0.25, 0.3) is 5.91 Å². The number of nitrogens with two attached hydrogens (primary N) is 1. The van der Waals surface area contributed by atoms with E-state index in [1.54, 1.807) is 36.2 Å². The summed E-state index contributed by atoms with van der Waals surface area (Å²) in [4.78, 5) is 56.5. The van der Waals surface area contributed by atoms with Crippen LogP contribution < -0.4 is 16.4 Å². The van der Waals surface area contributed by atoms with Gasteiger partial charge in [-0.1, -0.05) is 23.7 Å². The van der Waals surface area contributed by atoms with Crippen LogP contribution in [0, 0.1) is 5.82 Å². The number of anilines is 1. The van der Waals surface area contributed by atoms with Crippen LogP contribution in [0.2, 0.25) is 5.02 Å². The predicted octanol–water partition coefficient (Wildman–Crippen LogP) is 2.82. The van der Waals surface area contributed by atoms with Gasteiger partial charge in [-0.2, -0.15) is 5.10 Å². The summed E-state index contributed by atoms with van der Waals surface area (Å²) in [6.45, 7) is 1.18. The zero-order valence-electron chi connectivity index (χ0n) is 24.4. The third-order valence-corrected chi connectivity index (χ3v) is 8.18. The van der Waals surface area contributed by atoms with Gasteiger partial charge in [0.2, 0.25) is 11.8 Å². The summed E-state index contributed by atoms with van der Waals surface area (Å²) in [5.74, 6) is -2.20. The first-order valence-electron chi connectivity index (χ1n) is 14.0. The van der Waals surface area contributed by atoms with E-state index in [1.807, 2.05) is 7.05 Å². The van der Waals surface area contributed by atoms with Crippen LogP contribution in [0.15, 0.2) is 36.4 Å². The van der Waals surface area contributed by atoms with Crippen molar-refractivity contribution in [1.29, 1.82) is 0 Å². The van der Waals surface area contributed by atoms with E-state index in [9.17, 15) is 23.6 Å². The molecule has 1 atom stereocenters. The molecule has 1 saturated carbocycles. The highest BCUT2D eigenvalue weighted by Crippen LogP contribution is 2.28. The quantitative estimate of drug-likeness (QED) is 0.308. The molecule has 44 heavy (non-hydrogen) atoms. The lowest BCUT2D eigenvalue weighted by atomic mass is 10.1.